The van der Waals surface area contributed by atoms with Gasteiger partial charge in [0.25, 0.3) is 0 Å². The third-order valence-corrected chi connectivity index (χ3v) is 12.8. The van der Waals surface area contributed by atoms with E-state index in [4.69, 9.17) is 9.97 Å². The minimum atomic E-state index is -0.534. The van der Waals surface area contributed by atoms with E-state index in [1.54, 1.807) is 0 Å². The molecule has 2 aromatic heterocycles. The number of fused-ring (bicyclic) bond motifs is 18. The lowest BCUT2D eigenvalue weighted by Gasteiger charge is -2.31. The molecule has 268 valence electrons. The number of nitrogens with zero attached hydrogens (tertiary/aromatic N) is 3. The Morgan fingerprint density at radius 2 is 0.966 bits per heavy atom. The average Bonchev–Trinajstić information content (AvgIpc) is 3.92. The van der Waals surface area contributed by atoms with Crippen LogP contribution in [-0.2, 0) is 5.41 Å². The highest BCUT2D eigenvalue weighted by atomic mass is 15.0. The first kappa shape index (κ1) is 31.6. The van der Waals surface area contributed by atoms with Gasteiger partial charge in [-0.3, -0.25) is 0 Å². The van der Waals surface area contributed by atoms with Crippen molar-refractivity contribution in [2.75, 3.05) is 0 Å². The maximum absolute atomic E-state index is 5.30. The van der Waals surface area contributed by atoms with Crippen molar-refractivity contribution in [2.45, 2.75) is 5.41 Å². The zero-order chi connectivity index (χ0) is 38.0. The van der Waals surface area contributed by atoms with E-state index in [0.717, 1.165) is 39.2 Å². The van der Waals surface area contributed by atoms with Crippen molar-refractivity contribution in [3.8, 4) is 50.6 Å². The normalized spacial score (nSPS) is 13.3. The van der Waals surface area contributed by atoms with Crippen molar-refractivity contribution < 1.29 is 0 Å². The minimum Gasteiger partial charge on any atom is -0.309 e. The van der Waals surface area contributed by atoms with E-state index in [0.29, 0.717) is 0 Å². The molecule has 0 radical (unpaired) electrons. The fraction of sp³-hybridized carbons (Fsp3) is 0.0182. The van der Waals surface area contributed by atoms with Crippen LogP contribution in [-0.4, -0.2) is 14.5 Å². The Morgan fingerprint density at radius 1 is 0.414 bits per heavy atom. The maximum Gasteiger partial charge on any atom is 0.160 e. The van der Waals surface area contributed by atoms with Crippen LogP contribution in [0.2, 0.25) is 0 Å². The molecule has 0 bridgehead atoms. The van der Waals surface area contributed by atoms with Gasteiger partial charge in [0.05, 0.1) is 27.7 Å². The first-order chi connectivity index (χ1) is 28.8. The van der Waals surface area contributed by atoms with Crippen LogP contribution in [0.4, 0.5) is 0 Å². The summed E-state index contributed by atoms with van der Waals surface area (Å²) >= 11 is 0. The van der Waals surface area contributed by atoms with Crippen molar-refractivity contribution in [3.63, 3.8) is 0 Å². The SMILES string of the molecule is c1ccc(-c2nc(-c3ccccc3)c3cc(-n4c5ccccc5c5c6ccccc6c6c(c54)C4(c5ccccc5-c5ccccc54)c4ccccc4-6)ccc3n2)cc1. The van der Waals surface area contributed by atoms with Crippen molar-refractivity contribution in [3.05, 3.63) is 222 Å². The molecule has 0 aliphatic heterocycles. The first-order valence-corrected chi connectivity index (χ1v) is 20.0. The molecule has 3 heteroatoms. The zero-order valence-corrected chi connectivity index (χ0v) is 31.4. The Labute approximate surface area is 335 Å². The lowest BCUT2D eigenvalue weighted by molar-refractivity contribution is 0.797. The van der Waals surface area contributed by atoms with E-state index in [9.17, 15) is 0 Å². The third kappa shape index (κ3) is 4.02. The second-order valence-electron chi connectivity index (χ2n) is 15.6. The van der Waals surface area contributed by atoms with Crippen molar-refractivity contribution in [2.24, 2.45) is 0 Å². The molecule has 0 atom stereocenters. The monoisotopic (exact) mass is 735 g/mol. The van der Waals surface area contributed by atoms with Crippen LogP contribution in [0.5, 0.6) is 0 Å². The Bertz CT molecular complexity index is 3460. The largest absolute Gasteiger partial charge is 0.309 e. The molecule has 13 rings (SSSR count). The van der Waals surface area contributed by atoms with E-state index in [-0.39, 0.29) is 0 Å². The van der Waals surface area contributed by atoms with Crippen LogP contribution in [0, 0.1) is 0 Å². The van der Waals surface area contributed by atoms with Crippen LogP contribution in [0.15, 0.2) is 200 Å². The maximum atomic E-state index is 5.30. The van der Waals surface area contributed by atoms with E-state index >= 15 is 0 Å². The van der Waals surface area contributed by atoms with Gasteiger partial charge in [-0.2, -0.15) is 0 Å². The second-order valence-corrected chi connectivity index (χ2v) is 15.6. The van der Waals surface area contributed by atoms with E-state index in [1.165, 1.54) is 77.1 Å². The van der Waals surface area contributed by atoms with Gasteiger partial charge >= 0.3 is 0 Å². The molecule has 0 fully saturated rings. The third-order valence-electron chi connectivity index (χ3n) is 12.8. The van der Waals surface area contributed by atoms with E-state index < -0.39 is 5.41 Å². The average molecular weight is 736 g/mol. The van der Waals surface area contributed by atoms with Crippen molar-refractivity contribution in [1.82, 2.24) is 14.5 Å². The van der Waals surface area contributed by atoms with Gasteiger partial charge in [0.2, 0.25) is 0 Å². The lowest BCUT2D eigenvalue weighted by Crippen LogP contribution is -2.26. The number of hydrogen-bond donors (Lipinski definition) is 0. The molecule has 0 saturated carbocycles. The molecule has 1 spiro atoms. The predicted octanol–water partition coefficient (Wildman–Crippen LogP) is 13.6. The van der Waals surface area contributed by atoms with Crippen LogP contribution < -0.4 is 0 Å². The topological polar surface area (TPSA) is 30.7 Å². The fourth-order valence-electron chi connectivity index (χ4n) is 10.6. The van der Waals surface area contributed by atoms with Crippen LogP contribution in [0.3, 0.4) is 0 Å². The van der Waals surface area contributed by atoms with Crippen LogP contribution >= 0.6 is 0 Å². The zero-order valence-electron chi connectivity index (χ0n) is 31.4. The molecule has 58 heavy (non-hydrogen) atoms. The second kappa shape index (κ2) is 11.7. The molecule has 2 aliphatic rings. The number of para-hydroxylation sites is 1. The molecule has 3 nitrogen and oxygen atoms in total. The standard InChI is InChI=1S/C55H33N3/c1-3-17-34(18-4-1)52-43-33-36(31-32-47(43)56-54(57-52)35-19-5-2-6-20-35)58-48-30-16-12-26-42(48)50-40-24-8-7-23-39(40)49-41-25-11-15-29-46(41)55(51(49)53(50)58)44-27-13-9-21-37(44)38-22-10-14-28-45(38)55/h1-33H. The lowest BCUT2D eigenvalue weighted by atomic mass is 9.70. The Kier molecular flexibility index (Phi) is 6.37. The number of benzene rings is 9. The quantitative estimate of drug-likeness (QED) is 0.181. The summed E-state index contributed by atoms with van der Waals surface area (Å²) in [5.41, 5.74) is 17.4. The van der Waals surface area contributed by atoms with Gasteiger partial charge in [-0.05, 0) is 74.0 Å². The van der Waals surface area contributed by atoms with Gasteiger partial charge in [0.1, 0.15) is 0 Å². The highest BCUT2D eigenvalue weighted by Crippen LogP contribution is 2.66. The predicted molar refractivity (Wildman–Crippen MR) is 239 cm³/mol. The van der Waals surface area contributed by atoms with Crippen molar-refractivity contribution in [1.29, 1.82) is 0 Å². The highest BCUT2D eigenvalue weighted by Gasteiger charge is 2.53. The summed E-state index contributed by atoms with van der Waals surface area (Å²) in [6.45, 7) is 0. The molecule has 0 saturated heterocycles. The van der Waals surface area contributed by atoms with Crippen LogP contribution in [0.1, 0.15) is 22.3 Å². The molecular weight excluding hydrogens is 703 g/mol. The van der Waals surface area contributed by atoms with Gasteiger partial charge in [0.15, 0.2) is 5.82 Å². The molecule has 2 aliphatic carbocycles. The summed E-state index contributed by atoms with van der Waals surface area (Å²) in [6.07, 6.45) is 0. The Balaban J connectivity index is 1.23. The summed E-state index contributed by atoms with van der Waals surface area (Å²) in [5, 5.41) is 6.07. The van der Waals surface area contributed by atoms with Crippen molar-refractivity contribution >= 4 is 43.5 Å². The van der Waals surface area contributed by atoms with E-state index in [1.807, 2.05) is 18.2 Å². The molecule has 0 unspecified atom stereocenters. The molecule has 0 N–H and O–H groups in total. The summed E-state index contributed by atoms with van der Waals surface area (Å²) in [6, 6.07) is 73.0. The molecule has 9 aromatic carbocycles. The highest BCUT2D eigenvalue weighted by molar-refractivity contribution is 6.28. The van der Waals surface area contributed by atoms with E-state index in [2.05, 4.69) is 187 Å². The van der Waals surface area contributed by atoms with Gasteiger partial charge in [-0.25, -0.2) is 9.97 Å². The summed E-state index contributed by atoms with van der Waals surface area (Å²) in [4.78, 5) is 10.5. The van der Waals surface area contributed by atoms with Gasteiger partial charge < -0.3 is 4.57 Å². The minimum absolute atomic E-state index is 0.534. The van der Waals surface area contributed by atoms with Gasteiger partial charge in [0, 0.05) is 38.5 Å². The first-order valence-electron chi connectivity index (χ1n) is 20.0. The molecule has 0 amide bonds. The number of aromatic nitrogens is 3. The molecule has 2 heterocycles. The summed E-state index contributed by atoms with van der Waals surface area (Å²) in [5.74, 6) is 0.721. The van der Waals surface area contributed by atoms with Gasteiger partial charge in [-0.1, -0.05) is 176 Å². The fourth-order valence-corrected chi connectivity index (χ4v) is 10.6. The van der Waals surface area contributed by atoms with Crippen LogP contribution in [0.25, 0.3) is 94.1 Å². The van der Waals surface area contributed by atoms with Gasteiger partial charge in [-0.15, -0.1) is 0 Å². The molecular formula is C55H33N3. The molecule has 11 aromatic rings. The summed E-state index contributed by atoms with van der Waals surface area (Å²) < 4.78 is 2.55. The number of rotatable bonds is 3. The number of hydrogen-bond acceptors (Lipinski definition) is 2. The summed E-state index contributed by atoms with van der Waals surface area (Å²) in [7, 11) is 0. The Hall–Kier alpha value is -7.62. The smallest absolute Gasteiger partial charge is 0.160 e. The Morgan fingerprint density at radius 3 is 1.67 bits per heavy atom.